The van der Waals surface area contributed by atoms with E-state index in [0.717, 1.165) is 19.4 Å². The molecule has 1 aromatic carbocycles. The minimum absolute atomic E-state index is 0.0167. The fourth-order valence-electron chi connectivity index (χ4n) is 2.05. The van der Waals surface area contributed by atoms with Crippen molar-refractivity contribution >= 4 is 11.6 Å². The van der Waals surface area contributed by atoms with Gasteiger partial charge in [-0.3, -0.25) is 4.79 Å². The summed E-state index contributed by atoms with van der Waals surface area (Å²) in [7, 11) is 0. The average Bonchev–Trinajstić information content (AvgIpc) is 2.87. The molecule has 0 spiro atoms. The van der Waals surface area contributed by atoms with Gasteiger partial charge in [0, 0.05) is 18.4 Å². The van der Waals surface area contributed by atoms with Gasteiger partial charge in [0.1, 0.15) is 12.4 Å². The Morgan fingerprint density at radius 1 is 1.53 bits per heavy atom. The maximum Gasteiger partial charge on any atom is 0.222 e. The first-order valence-corrected chi connectivity index (χ1v) is 6.60. The van der Waals surface area contributed by atoms with Crippen LogP contribution in [0, 0.1) is 0 Å². The van der Waals surface area contributed by atoms with Crippen molar-refractivity contribution in [3.05, 3.63) is 24.3 Å². The SMILES string of the molecule is Nc1cccc(OCCNC(=O)CC2CCCO2)c1. The molecule has 104 valence electrons. The molecule has 0 aliphatic carbocycles. The number of amides is 1. The predicted molar refractivity (Wildman–Crippen MR) is 73.0 cm³/mol. The molecule has 1 heterocycles. The molecule has 1 aromatic rings. The quantitative estimate of drug-likeness (QED) is 0.600. The van der Waals surface area contributed by atoms with E-state index in [-0.39, 0.29) is 12.0 Å². The summed E-state index contributed by atoms with van der Waals surface area (Å²) in [5.74, 6) is 0.733. The van der Waals surface area contributed by atoms with Crippen LogP contribution in [0.25, 0.3) is 0 Å². The third-order valence-corrected chi connectivity index (χ3v) is 2.99. The Kier molecular flexibility index (Phi) is 5.03. The maximum atomic E-state index is 11.6. The zero-order chi connectivity index (χ0) is 13.5. The van der Waals surface area contributed by atoms with E-state index in [1.807, 2.05) is 12.1 Å². The largest absolute Gasteiger partial charge is 0.492 e. The molecule has 5 heteroatoms. The number of nitrogens with two attached hydrogens (primary N) is 1. The van der Waals surface area contributed by atoms with E-state index in [4.69, 9.17) is 15.2 Å². The number of carbonyl (C=O) groups excluding carboxylic acids is 1. The van der Waals surface area contributed by atoms with Crippen LogP contribution in [0.5, 0.6) is 5.75 Å². The Hall–Kier alpha value is -1.75. The van der Waals surface area contributed by atoms with Crippen molar-refractivity contribution in [2.75, 3.05) is 25.5 Å². The van der Waals surface area contributed by atoms with E-state index in [9.17, 15) is 4.79 Å². The minimum Gasteiger partial charge on any atom is -0.492 e. The number of hydrogen-bond acceptors (Lipinski definition) is 4. The van der Waals surface area contributed by atoms with Crippen molar-refractivity contribution in [3.8, 4) is 5.75 Å². The molecule has 0 saturated carbocycles. The van der Waals surface area contributed by atoms with Crippen LogP contribution in [0.4, 0.5) is 5.69 Å². The molecule has 1 unspecified atom stereocenters. The van der Waals surface area contributed by atoms with Crippen molar-refractivity contribution in [2.45, 2.75) is 25.4 Å². The zero-order valence-electron chi connectivity index (χ0n) is 10.9. The molecule has 1 atom stereocenters. The number of rotatable bonds is 6. The minimum atomic E-state index is 0.0167. The highest BCUT2D eigenvalue weighted by Crippen LogP contribution is 2.15. The molecule has 2 rings (SSSR count). The molecule has 0 aromatic heterocycles. The summed E-state index contributed by atoms with van der Waals surface area (Å²) in [4.78, 5) is 11.6. The molecule has 19 heavy (non-hydrogen) atoms. The van der Waals surface area contributed by atoms with Crippen LogP contribution >= 0.6 is 0 Å². The van der Waals surface area contributed by atoms with Crippen LogP contribution in [0.1, 0.15) is 19.3 Å². The molecule has 0 radical (unpaired) electrons. The van der Waals surface area contributed by atoms with Crippen LogP contribution in [-0.4, -0.2) is 31.8 Å². The molecule has 1 aliphatic heterocycles. The van der Waals surface area contributed by atoms with Gasteiger partial charge in [-0.2, -0.15) is 0 Å². The fourth-order valence-corrected chi connectivity index (χ4v) is 2.05. The van der Waals surface area contributed by atoms with Crippen LogP contribution in [0.15, 0.2) is 24.3 Å². The van der Waals surface area contributed by atoms with Gasteiger partial charge in [-0.05, 0) is 25.0 Å². The number of nitrogens with one attached hydrogen (secondary N) is 1. The van der Waals surface area contributed by atoms with Crippen molar-refractivity contribution in [1.29, 1.82) is 0 Å². The molecular formula is C14H20N2O3. The van der Waals surface area contributed by atoms with Crippen LogP contribution < -0.4 is 15.8 Å². The Morgan fingerprint density at radius 3 is 3.16 bits per heavy atom. The molecule has 5 nitrogen and oxygen atoms in total. The van der Waals surface area contributed by atoms with Crippen molar-refractivity contribution in [2.24, 2.45) is 0 Å². The molecule has 0 bridgehead atoms. The van der Waals surface area contributed by atoms with Gasteiger partial charge in [0.15, 0.2) is 0 Å². The van der Waals surface area contributed by atoms with Gasteiger partial charge in [-0.15, -0.1) is 0 Å². The van der Waals surface area contributed by atoms with Crippen molar-refractivity contribution in [1.82, 2.24) is 5.32 Å². The van der Waals surface area contributed by atoms with Gasteiger partial charge >= 0.3 is 0 Å². The predicted octanol–water partition coefficient (Wildman–Crippen LogP) is 1.33. The fraction of sp³-hybridized carbons (Fsp3) is 0.500. The van der Waals surface area contributed by atoms with Crippen LogP contribution in [0.2, 0.25) is 0 Å². The Labute approximate surface area is 113 Å². The second-order valence-electron chi connectivity index (χ2n) is 4.61. The molecule has 1 fully saturated rings. The number of nitrogen functional groups attached to an aromatic ring is 1. The van der Waals surface area contributed by atoms with E-state index in [0.29, 0.717) is 31.0 Å². The lowest BCUT2D eigenvalue weighted by Gasteiger charge is -2.10. The highest BCUT2D eigenvalue weighted by atomic mass is 16.5. The average molecular weight is 264 g/mol. The van der Waals surface area contributed by atoms with Crippen LogP contribution in [-0.2, 0) is 9.53 Å². The lowest BCUT2D eigenvalue weighted by molar-refractivity contribution is -0.123. The summed E-state index contributed by atoms with van der Waals surface area (Å²) in [6.45, 7) is 1.69. The monoisotopic (exact) mass is 264 g/mol. The topological polar surface area (TPSA) is 73.6 Å². The number of benzene rings is 1. The first-order valence-electron chi connectivity index (χ1n) is 6.60. The van der Waals surface area contributed by atoms with Gasteiger partial charge in [-0.25, -0.2) is 0 Å². The first-order chi connectivity index (χ1) is 9.24. The van der Waals surface area contributed by atoms with Gasteiger partial charge in [0.05, 0.1) is 19.1 Å². The van der Waals surface area contributed by atoms with Crippen LogP contribution in [0.3, 0.4) is 0 Å². The summed E-state index contributed by atoms with van der Waals surface area (Å²) in [5.41, 5.74) is 6.31. The van der Waals surface area contributed by atoms with Gasteiger partial charge in [-0.1, -0.05) is 6.07 Å². The maximum absolute atomic E-state index is 11.6. The summed E-state index contributed by atoms with van der Waals surface area (Å²) in [5, 5.41) is 2.82. The summed E-state index contributed by atoms with van der Waals surface area (Å²) in [6.07, 6.45) is 2.57. The Balaban J connectivity index is 1.59. The van der Waals surface area contributed by atoms with E-state index < -0.39 is 0 Å². The number of anilines is 1. The number of hydrogen-bond donors (Lipinski definition) is 2. The molecule has 1 aliphatic rings. The van der Waals surface area contributed by atoms with Crippen molar-refractivity contribution < 1.29 is 14.3 Å². The van der Waals surface area contributed by atoms with Gasteiger partial charge in [0.2, 0.25) is 5.91 Å². The lowest BCUT2D eigenvalue weighted by Crippen LogP contribution is -2.30. The highest BCUT2D eigenvalue weighted by Gasteiger charge is 2.18. The van der Waals surface area contributed by atoms with E-state index in [1.54, 1.807) is 12.1 Å². The molecule has 1 saturated heterocycles. The standard InChI is InChI=1S/C14H20N2O3/c15-11-3-1-4-12(9-11)19-8-6-16-14(17)10-13-5-2-7-18-13/h1,3-4,9,13H,2,5-8,10,15H2,(H,16,17). The highest BCUT2D eigenvalue weighted by molar-refractivity contribution is 5.76. The lowest BCUT2D eigenvalue weighted by atomic mass is 10.2. The third-order valence-electron chi connectivity index (χ3n) is 2.99. The van der Waals surface area contributed by atoms with Gasteiger partial charge < -0.3 is 20.5 Å². The third kappa shape index (κ3) is 4.79. The number of carbonyl (C=O) groups is 1. The first kappa shape index (κ1) is 13.7. The summed E-state index contributed by atoms with van der Waals surface area (Å²) < 4.78 is 10.9. The van der Waals surface area contributed by atoms with E-state index in [2.05, 4.69) is 5.32 Å². The second-order valence-corrected chi connectivity index (χ2v) is 4.61. The van der Waals surface area contributed by atoms with E-state index in [1.165, 1.54) is 0 Å². The smallest absolute Gasteiger partial charge is 0.222 e. The summed E-state index contributed by atoms with van der Waals surface area (Å²) in [6, 6.07) is 7.23. The number of ether oxygens (including phenoxy) is 2. The Morgan fingerprint density at radius 2 is 2.42 bits per heavy atom. The van der Waals surface area contributed by atoms with Gasteiger partial charge in [0.25, 0.3) is 0 Å². The molecular weight excluding hydrogens is 244 g/mol. The Bertz CT molecular complexity index is 417. The van der Waals surface area contributed by atoms with E-state index >= 15 is 0 Å². The van der Waals surface area contributed by atoms with Crippen molar-refractivity contribution in [3.63, 3.8) is 0 Å². The zero-order valence-corrected chi connectivity index (χ0v) is 10.9. The molecule has 1 amide bonds. The second kappa shape index (κ2) is 6.99. The normalized spacial score (nSPS) is 18.2. The summed E-state index contributed by atoms with van der Waals surface area (Å²) >= 11 is 0. The molecule has 3 N–H and O–H groups in total.